The summed E-state index contributed by atoms with van der Waals surface area (Å²) in [5.74, 6) is -8.66. The lowest BCUT2D eigenvalue weighted by Gasteiger charge is -2.37. The van der Waals surface area contributed by atoms with Gasteiger partial charge in [0.1, 0.15) is 18.3 Å². The zero-order valence-corrected chi connectivity index (χ0v) is 36.6. The minimum absolute atomic E-state index is 0.0367. The fourth-order valence-corrected chi connectivity index (χ4v) is 9.18. The number of Topliss-reactive ketones (excluding diaryl/α,β-unsaturated/α-hetero) is 2. The molecule has 0 bridgehead atoms. The average Bonchev–Trinajstić information content (AvgIpc) is 3.65. The predicted molar refractivity (Wildman–Crippen MR) is 227 cm³/mol. The van der Waals surface area contributed by atoms with Crippen molar-refractivity contribution in [3.63, 3.8) is 0 Å². The minimum atomic E-state index is -1.62. The number of nitrogens with two attached hydrogens (primary N) is 1. The van der Waals surface area contributed by atoms with E-state index in [0.717, 1.165) is 87.7 Å². The summed E-state index contributed by atoms with van der Waals surface area (Å²) in [6, 6.07) is -1.09. The van der Waals surface area contributed by atoms with E-state index in [1.807, 2.05) is 0 Å². The fraction of sp³-hybridized carbons (Fsp3) is 0.644. The zero-order valence-electron chi connectivity index (χ0n) is 36.6. The van der Waals surface area contributed by atoms with Gasteiger partial charge in [-0.2, -0.15) is 0 Å². The van der Waals surface area contributed by atoms with E-state index in [1.54, 1.807) is 20.8 Å². The Hall–Kier alpha value is -5.55. The number of benzene rings is 1. The van der Waals surface area contributed by atoms with Gasteiger partial charge in [0, 0.05) is 54.9 Å². The van der Waals surface area contributed by atoms with Crippen molar-refractivity contribution >= 4 is 52.8 Å². The molecule has 0 unspecified atom stereocenters. The number of rotatable bonds is 20. The molecule has 4 amide bonds. The first kappa shape index (κ1) is 50.1. The third-order valence-electron chi connectivity index (χ3n) is 12.7. The molecule has 63 heavy (non-hydrogen) atoms. The fourth-order valence-electron chi connectivity index (χ4n) is 9.18. The van der Waals surface area contributed by atoms with E-state index in [-0.39, 0.29) is 43.3 Å². The van der Waals surface area contributed by atoms with E-state index in [1.165, 1.54) is 6.08 Å². The van der Waals surface area contributed by atoms with E-state index in [9.17, 15) is 53.6 Å². The van der Waals surface area contributed by atoms with E-state index < -0.39 is 118 Å². The Bertz CT molecular complexity index is 1920. The molecule has 0 aromatic heterocycles. The molecule has 2 aliphatic carbocycles. The van der Waals surface area contributed by atoms with Crippen molar-refractivity contribution in [2.75, 3.05) is 13.7 Å². The Balaban J connectivity index is 1.60. The standard InChI is InChI=1S/C45H62FN5O12/c1-45(2,3)39(49-41(56)28(17-11-12-18-37(54)63-4)21-35(52)33-23-30(51(61)62)19-20-31(33)44(59)60)43(58)50-25-29(46)22-34(50)42(57)48-38(27-15-9-6-10-16-27)36(53)24-32(40(47)55)26-13-7-5-8-14-26/h12,18-20,23,26-29,32,34,38-39H,5-11,13-17,21-22,24-25H2,1-4H3,(H2,47,55)(H,48,57)(H,49,56)(H,59,60)/b18-12+/t28-,29+,32+,34+,38+,39-/m1/s1. The van der Waals surface area contributed by atoms with Crippen molar-refractivity contribution < 1.29 is 57.5 Å². The van der Waals surface area contributed by atoms with Gasteiger partial charge in [-0.3, -0.25) is 38.9 Å². The first-order valence-electron chi connectivity index (χ1n) is 21.9. The number of hydrogen-bond acceptors (Lipinski definition) is 11. The van der Waals surface area contributed by atoms with Crippen LogP contribution in [0.25, 0.3) is 0 Å². The number of carbonyl (C=O) groups excluding carboxylic acids is 7. The molecule has 4 rings (SSSR count). The van der Waals surface area contributed by atoms with E-state index >= 15 is 4.39 Å². The van der Waals surface area contributed by atoms with Crippen LogP contribution >= 0.6 is 0 Å². The van der Waals surface area contributed by atoms with Crippen LogP contribution in [0.3, 0.4) is 0 Å². The van der Waals surface area contributed by atoms with Gasteiger partial charge >= 0.3 is 11.9 Å². The molecule has 0 spiro atoms. The van der Waals surface area contributed by atoms with Crippen molar-refractivity contribution in [1.82, 2.24) is 15.5 Å². The van der Waals surface area contributed by atoms with Crippen LogP contribution in [0.5, 0.6) is 0 Å². The Labute approximate surface area is 366 Å². The molecular weight excluding hydrogens is 822 g/mol. The number of carboxylic acids is 1. The summed E-state index contributed by atoms with van der Waals surface area (Å²) in [6.45, 7) is 4.41. The second-order valence-corrected chi connectivity index (χ2v) is 18.2. The van der Waals surface area contributed by atoms with Gasteiger partial charge in [0.15, 0.2) is 11.6 Å². The van der Waals surface area contributed by atoms with Gasteiger partial charge in [-0.25, -0.2) is 14.0 Å². The topological polar surface area (TPSA) is 262 Å². The second kappa shape index (κ2) is 22.7. The smallest absolute Gasteiger partial charge is 0.336 e. The highest BCUT2D eigenvalue weighted by Gasteiger charge is 2.47. The van der Waals surface area contributed by atoms with E-state index in [4.69, 9.17) is 5.73 Å². The number of ketones is 2. The quantitative estimate of drug-likeness (QED) is 0.0435. The normalized spacial score (nSPS) is 20.6. The summed E-state index contributed by atoms with van der Waals surface area (Å²) in [6.07, 6.45) is 8.01. The second-order valence-electron chi connectivity index (χ2n) is 18.2. The Kier molecular flexibility index (Phi) is 18.0. The first-order chi connectivity index (χ1) is 29.7. The SMILES string of the molecule is COC(=O)/C=C/CC[C@H](CC(=O)c1cc([N+](=O)[O-])ccc1C(=O)O)C(=O)N[C@H](C(=O)N1C[C@@H](F)C[C@H]1C(=O)N[C@H](C(=O)C[C@H](C(N)=O)C1CCCCC1)C1CCCCC1)C(C)(C)C. The summed E-state index contributed by atoms with van der Waals surface area (Å²) in [4.78, 5) is 119. The maximum Gasteiger partial charge on any atom is 0.336 e. The Morgan fingerprint density at radius 1 is 0.952 bits per heavy atom. The number of carbonyl (C=O) groups is 8. The van der Waals surface area contributed by atoms with Crippen molar-refractivity contribution in [1.29, 1.82) is 0 Å². The molecular formula is C45H62FN5O12. The number of hydrogen-bond donors (Lipinski definition) is 4. The predicted octanol–water partition coefficient (Wildman–Crippen LogP) is 5.17. The van der Waals surface area contributed by atoms with Crippen LogP contribution in [0.2, 0.25) is 0 Å². The van der Waals surface area contributed by atoms with Crippen LogP contribution in [0.15, 0.2) is 30.4 Å². The maximum atomic E-state index is 15.4. The summed E-state index contributed by atoms with van der Waals surface area (Å²) in [5, 5.41) is 26.8. The summed E-state index contributed by atoms with van der Waals surface area (Å²) in [5.41, 5.74) is 3.18. The molecule has 2 saturated carbocycles. The zero-order chi connectivity index (χ0) is 46.6. The number of alkyl halides is 1. The third kappa shape index (κ3) is 13.7. The van der Waals surface area contributed by atoms with Crippen LogP contribution in [-0.4, -0.2) is 100 Å². The number of amides is 4. The van der Waals surface area contributed by atoms with Gasteiger partial charge in [0.05, 0.1) is 30.2 Å². The van der Waals surface area contributed by atoms with Crippen LogP contribution in [0, 0.1) is 39.2 Å². The molecule has 1 aromatic carbocycles. The monoisotopic (exact) mass is 883 g/mol. The van der Waals surface area contributed by atoms with Crippen molar-refractivity contribution in [3.05, 3.63) is 51.6 Å². The molecule has 1 saturated heterocycles. The Morgan fingerprint density at radius 3 is 2.13 bits per heavy atom. The van der Waals surface area contributed by atoms with Gasteiger partial charge in [-0.1, -0.05) is 65.4 Å². The summed E-state index contributed by atoms with van der Waals surface area (Å²) < 4.78 is 20.0. The molecule has 5 N–H and O–H groups in total. The third-order valence-corrected chi connectivity index (χ3v) is 12.7. The van der Waals surface area contributed by atoms with Crippen molar-refractivity contribution in [2.24, 2.45) is 34.8 Å². The molecule has 17 nitrogen and oxygen atoms in total. The Morgan fingerprint density at radius 2 is 1.57 bits per heavy atom. The van der Waals surface area contributed by atoms with Gasteiger partial charge < -0.3 is 31.1 Å². The van der Waals surface area contributed by atoms with E-state index in [2.05, 4.69) is 15.4 Å². The summed E-state index contributed by atoms with van der Waals surface area (Å²) >= 11 is 0. The molecule has 1 aliphatic heterocycles. The van der Waals surface area contributed by atoms with Gasteiger partial charge in [-0.05, 0) is 61.8 Å². The lowest BCUT2D eigenvalue weighted by atomic mass is 9.75. The van der Waals surface area contributed by atoms with Gasteiger partial charge in [0.25, 0.3) is 5.69 Å². The number of allylic oxidation sites excluding steroid dienone is 1. The molecule has 18 heteroatoms. The molecule has 1 heterocycles. The number of likely N-dealkylation sites (tertiary alicyclic amines) is 1. The highest BCUT2D eigenvalue weighted by atomic mass is 19.1. The molecule has 346 valence electrons. The lowest BCUT2D eigenvalue weighted by molar-refractivity contribution is -0.384. The number of nitrogens with zero attached hydrogens (tertiary/aromatic N) is 2. The number of esters is 1. The molecule has 6 atom stereocenters. The molecule has 3 fully saturated rings. The highest BCUT2D eigenvalue weighted by molar-refractivity contribution is 6.07. The molecule has 3 aliphatic rings. The van der Waals surface area contributed by atoms with Gasteiger partial charge in [-0.15, -0.1) is 0 Å². The van der Waals surface area contributed by atoms with Crippen molar-refractivity contribution in [3.8, 4) is 0 Å². The van der Waals surface area contributed by atoms with Crippen LogP contribution < -0.4 is 16.4 Å². The number of nitro groups is 1. The van der Waals surface area contributed by atoms with Gasteiger partial charge in [0.2, 0.25) is 23.6 Å². The minimum Gasteiger partial charge on any atom is -0.478 e. The van der Waals surface area contributed by atoms with Crippen LogP contribution in [-0.2, 0) is 33.5 Å². The first-order valence-corrected chi connectivity index (χ1v) is 21.9. The summed E-state index contributed by atoms with van der Waals surface area (Å²) in [7, 11) is 1.16. The molecule has 0 radical (unpaired) electrons. The number of ether oxygens (including phenoxy) is 1. The van der Waals surface area contributed by atoms with Crippen LogP contribution in [0.4, 0.5) is 10.1 Å². The number of methoxy groups -OCH3 is 1. The van der Waals surface area contributed by atoms with E-state index in [0.29, 0.717) is 12.8 Å². The number of primary amides is 1. The number of aromatic carboxylic acids is 1. The average molecular weight is 884 g/mol. The largest absolute Gasteiger partial charge is 0.478 e. The number of halogens is 1. The number of carboxylic acid groups (broad SMARTS) is 1. The lowest BCUT2D eigenvalue weighted by Crippen LogP contribution is -2.59. The number of nitrogens with one attached hydrogen (secondary N) is 2. The number of non-ortho nitro benzene ring substituents is 1. The number of nitro benzene ring substituents is 1. The maximum absolute atomic E-state index is 15.4. The highest BCUT2D eigenvalue weighted by Crippen LogP contribution is 2.35. The van der Waals surface area contributed by atoms with Crippen LogP contribution in [0.1, 0.15) is 138 Å². The van der Waals surface area contributed by atoms with Crippen molar-refractivity contribution in [2.45, 2.75) is 141 Å². The molecule has 1 aromatic rings.